The van der Waals surface area contributed by atoms with Crippen molar-refractivity contribution in [3.8, 4) is 22.8 Å². The Labute approximate surface area is 235 Å². The largest absolute Gasteiger partial charge is 0.320 e. The summed E-state index contributed by atoms with van der Waals surface area (Å²) in [5.41, 5.74) is 4.56. The average Bonchev–Trinajstić information content (AvgIpc) is 3.70. The molecule has 0 unspecified atom stereocenters. The summed E-state index contributed by atoms with van der Waals surface area (Å²) >= 11 is 10.8. The minimum atomic E-state index is -0.325. The number of benzene rings is 3. The second-order valence-electron chi connectivity index (χ2n) is 8.80. The molecule has 40 heavy (non-hydrogen) atoms. The Balaban J connectivity index is 1.25. The monoisotopic (exact) mass is 564 g/mol. The highest BCUT2D eigenvalue weighted by Gasteiger charge is 2.28. The number of carbonyl (C=O) groups is 2. The average molecular weight is 565 g/mol. The number of rotatable bonds is 4. The highest BCUT2D eigenvalue weighted by molar-refractivity contribution is 7.71. The Morgan fingerprint density at radius 3 is 1.43 bits per heavy atom. The quantitative estimate of drug-likeness (QED) is 0.243. The third-order valence-electron chi connectivity index (χ3n) is 6.39. The van der Waals surface area contributed by atoms with Gasteiger partial charge in [0.25, 0.3) is 11.8 Å². The van der Waals surface area contributed by atoms with E-state index in [2.05, 4.69) is 41.2 Å². The standard InChI is InChI=1S/C26H16N10O2S2/c37-23-19(15-5-1-3-7-17(15)27-23)33-35-21(29-31-25(35)39)13-9-11-14(12-10-13)22-30-32-26(40)36(22)34-20-16-6-2-4-8-18(16)28-24(20)38/h1-12H,(H,31,39)(H,32,40)(H,27,33,37)(H,28,34,38). The van der Waals surface area contributed by atoms with E-state index in [1.807, 2.05) is 72.8 Å². The number of fused-ring (bicyclic) bond motifs is 2. The van der Waals surface area contributed by atoms with Crippen molar-refractivity contribution >= 4 is 59.0 Å². The van der Waals surface area contributed by atoms with Gasteiger partial charge in [-0.05, 0) is 36.6 Å². The van der Waals surface area contributed by atoms with Gasteiger partial charge in [0, 0.05) is 22.3 Å². The third kappa shape index (κ3) is 3.81. The van der Waals surface area contributed by atoms with Crippen LogP contribution in [0, 0.1) is 9.54 Å². The summed E-state index contributed by atoms with van der Waals surface area (Å²) in [7, 11) is 0. The maximum Gasteiger partial charge on any atom is 0.276 e. The number of nitrogens with one attached hydrogen (secondary N) is 4. The van der Waals surface area contributed by atoms with Gasteiger partial charge < -0.3 is 10.6 Å². The van der Waals surface area contributed by atoms with E-state index in [-0.39, 0.29) is 32.8 Å². The molecule has 0 saturated heterocycles. The molecular weight excluding hydrogens is 548 g/mol. The zero-order chi connectivity index (χ0) is 27.4. The van der Waals surface area contributed by atoms with Crippen LogP contribution in [0.5, 0.6) is 0 Å². The molecule has 2 aliphatic rings. The van der Waals surface area contributed by atoms with Crippen LogP contribution in [0.1, 0.15) is 11.1 Å². The zero-order valence-corrected chi connectivity index (χ0v) is 21.9. The lowest BCUT2D eigenvalue weighted by molar-refractivity contribution is -0.110. The van der Waals surface area contributed by atoms with Gasteiger partial charge in [-0.3, -0.25) is 9.59 Å². The summed E-state index contributed by atoms with van der Waals surface area (Å²) in [5, 5.41) is 28.8. The highest BCUT2D eigenvalue weighted by atomic mass is 32.1. The molecule has 0 saturated carbocycles. The molecule has 14 heteroatoms. The Morgan fingerprint density at radius 1 is 0.600 bits per heavy atom. The summed E-state index contributed by atoms with van der Waals surface area (Å²) in [4.78, 5) is 25.2. The SMILES string of the molecule is O=C1Nc2ccccc2/C1=N\n1c(-c2ccc(-c3n[nH]c(=S)n3/N=C3/C(=O)Nc4ccccc43)cc2)n[nH]c1=S. The number of nitrogens with zero attached hydrogens (tertiary/aromatic N) is 6. The molecular formula is C26H16N10O2S2. The molecule has 4 N–H and O–H groups in total. The van der Waals surface area contributed by atoms with Gasteiger partial charge >= 0.3 is 0 Å². The van der Waals surface area contributed by atoms with Crippen LogP contribution in [0.2, 0.25) is 0 Å². The Kier molecular flexibility index (Phi) is 5.43. The predicted molar refractivity (Wildman–Crippen MR) is 153 cm³/mol. The first-order valence-corrected chi connectivity index (χ1v) is 12.7. The number of amides is 2. The number of aromatic nitrogens is 6. The van der Waals surface area contributed by atoms with Crippen molar-refractivity contribution in [3.05, 3.63) is 93.5 Å². The van der Waals surface area contributed by atoms with Crippen molar-refractivity contribution < 1.29 is 9.59 Å². The van der Waals surface area contributed by atoms with Crippen LogP contribution in [-0.4, -0.2) is 53.0 Å². The molecule has 0 fully saturated rings. The lowest BCUT2D eigenvalue weighted by Crippen LogP contribution is -2.16. The summed E-state index contributed by atoms with van der Waals surface area (Å²) in [6, 6.07) is 21.8. The van der Waals surface area contributed by atoms with Gasteiger partial charge in [-0.1, -0.05) is 60.7 Å². The number of anilines is 2. The van der Waals surface area contributed by atoms with Crippen LogP contribution in [0.15, 0.2) is 83.0 Å². The molecule has 0 atom stereocenters. The molecule has 5 aromatic rings. The van der Waals surface area contributed by atoms with Crippen LogP contribution in [0.25, 0.3) is 22.8 Å². The van der Waals surface area contributed by atoms with Gasteiger partial charge in [-0.15, -0.1) is 0 Å². The van der Waals surface area contributed by atoms with Crippen LogP contribution in [0.3, 0.4) is 0 Å². The fourth-order valence-corrected chi connectivity index (χ4v) is 4.86. The molecule has 2 amide bonds. The minimum absolute atomic E-state index is 0.232. The molecule has 0 radical (unpaired) electrons. The van der Waals surface area contributed by atoms with E-state index in [1.54, 1.807) is 0 Å². The third-order valence-corrected chi connectivity index (χ3v) is 6.92. The van der Waals surface area contributed by atoms with Crippen LogP contribution >= 0.6 is 24.4 Å². The zero-order valence-electron chi connectivity index (χ0n) is 20.2. The number of H-pyrrole nitrogens is 2. The molecule has 0 aliphatic carbocycles. The van der Waals surface area contributed by atoms with E-state index < -0.39 is 0 Å². The molecule has 12 nitrogen and oxygen atoms in total. The molecule has 0 bridgehead atoms. The number of carbonyl (C=O) groups excluding carboxylic acids is 2. The molecule has 2 aliphatic heterocycles. The summed E-state index contributed by atoms with van der Waals surface area (Å²) in [5.74, 6) is 0.182. The van der Waals surface area contributed by atoms with E-state index in [0.29, 0.717) is 45.3 Å². The first kappa shape index (κ1) is 23.8. The van der Waals surface area contributed by atoms with E-state index in [0.717, 1.165) is 0 Å². The Bertz CT molecular complexity index is 1900. The van der Waals surface area contributed by atoms with Crippen LogP contribution < -0.4 is 10.6 Å². The number of aromatic amines is 2. The van der Waals surface area contributed by atoms with E-state index in [1.165, 1.54) is 9.35 Å². The normalized spacial score (nSPS) is 15.8. The lowest BCUT2D eigenvalue weighted by Gasteiger charge is -2.05. The van der Waals surface area contributed by atoms with Crippen molar-refractivity contribution in [1.82, 2.24) is 29.7 Å². The van der Waals surface area contributed by atoms with Gasteiger partial charge in [0.2, 0.25) is 9.54 Å². The van der Waals surface area contributed by atoms with Crippen molar-refractivity contribution in [2.45, 2.75) is 0 Å². The minimum Gasteiger partial charge on any atom is -0.320 e. The molecule has 4 heterocycles. The molecule has 3 aromatic carbocycles. The van der Waals surface area contributed by atoms with Crippen LogP contribution in [0.4, 0.5) is 11.4 Å². The van der Waals surface area contributed by atoms with Gasteiger partial charge in [0.15, 0.2) is 23.1 Å². The first-order valence-electron chi connectivity index (χ1n) is 11.9. The number of hydrogen-bond acceptors (Lipinski definition) is 8. The number of hydrogen-bond donors (Lipinski definition) is 4. The maximum absolute atomic E-state index is 12.6. The van der Waals surface area contributed by atoms with E-state index in [4.69, 9.17) is 24.4 Å². The van der Waals surface area contributed by atoms with E-state index in [9.17, 15) is 9.59 Å². The second-order valence-corrected chi connectivity index (χ2v) is 9.58. The van der Waals surface area contributed by atoms with Crippen molar-refractivity contribution in [1.29, 1.82) is 0 Å². The van der Waals surface area contributed by atoms with Gasteiger partial charge in [0.1, 0.15) is 0 Å². The topological polar surface area (TPSA) is 150 Å². The second kappa shape index (κ2) is 9.14. The van der Waals surface area contributed by atoms with E-state index >= 15 is 0 Å². The van der Waals surface area contributed by atoms with Gasteiger partial charge in [0.05, 0.1) is 11.4 Å². The molecule has 0 spiro atoms. The summed E-state index contributed by atoms with van der Waals surface area (Å²) in [6.45, 7) is 0. The maximum atomic E-state index is 12.6. The number of para-hydroxylation sites is 2. The van der Waals surface area contributed by atoms with Crippen molar-refractivity contribution in [2.75, 3.05) is 10.6 Å². The smallest absolute Gasteiger partial charge is 0.276 e. The van der Waals surface area contributed by atoms with Crippen molar-refractivity contribution in [2.24, 2.45) is 10.2 Å². The van der Waals surface area contributed by atoms with Crippen LogP contribution in [-0.2, 0) is 9.59 Å². The highest BCUT2D eigenvalue weighted by Crippen LogP contribution is 2.27. The lowest BCUT2D eigenvalue weighted by atomic mass is 10.1. The van der Waals surface area contributed by atoms with Crippen molar-refractivity contribution in [3.63, 3.8) is 0 Å². The summed E-state index contributed by atoms with van der Waals surface area (Å²) in [6.07, 6.45) is 0. The molecule has 2 aromatic heterocycles. The predicted octanol–water partition coefficient (Wildman–Crippen LogP) is 3.94. The fraction of sp³-hybridized carbons (Fsp3) is 0. The summed E-state index contributed by atoms with van der Waals surface area (Å²) < 4.78 is 3.30. The Hall–Kier alpha value is -5.34. The van der Waals surface area contributed by atoms with Gasteiger partial charge in [-0.2, -0.15) is 29.8 Å². The molecule has 194 valence electrons. The Morgan fingerprint density at radius 2 is 1.00 bits per heavy atom. The van der Waals surface area contributed by atoms with Gasteiger partial charge in [-0.25, -0.2) is 10.2 Å². The first-order chi connectivity index (χ1) is 19.5. The molecule has 7 rings (SSSR count). The fourth-order valence-electron chi connectivity index (χ4n) is 4.51.